The number of rotatable bonds is 2. The normalized spacial score (nSPS) is 39.3. The number of β-amino-alcohol motifs (C(OH)–C–C–N with tert-alkyl or cyclic N) is 2. The summed E-state index contributed by atoms with van der Waals surface area (Å²) in [5, 5.41) is 18.8. The molecular formula is C11H20N2O3. The molecule has 2 fully saturated rings. The minimum atomic E-state index is -0.790. The van der Waals surface area contributed by atoms with E-state index < -0.39 is 12.2 Å². The van der Waals surface area contributed by atoms with E-state index in [0.717, 1.165) is 19.3 Å². The van der Waals surface area contributed by atoms with Gasteiger partial charge in [-0.1, -0.05) is 6.42 Å². The zero-order chi connectivity index (χ0) is 11.7. The number of nitrogens with zero attached hydrogens (tertiary/aromatic N) is 1. The van der Waals surface area contributed by atoms with Gasteiger partial charge in [-0.05, 0) is 25.3 Å². The first-order chi connectivity index (χ1) is 7.63. The van der Waals surface area contributed by atoms with Crippen molar-refractivity contribution < 1.29 is 15.0 Å². The van der Waals surface area contributed by atoms with Gasteiger partial charge in [0.05, 0.1) is 12.2 Å². The van der Waals surface area contributed by atoms with Crippen molar-refractivity contribution in [3.63, 3.8) is 0 Å². The summed E-state index contributed by atoms with van der Waals surface area (Å²) in [5.41, 5.74) is 5.65. The Morgan fingerprint density at radius 2 is 1.88 bits per heavy atom. The number of carbonyl (C=O) groups is 1. The third-order valence-electron chi connectivity index (χ3n) is 3.85. The molecule has 92 valence electrons. The van der Waals surface area contributed by atoms with Crippen molar-refractivity contribution in [3.05, 3.63) is 0 Å². The summed E-state index contributed by atoms with van der Waals surface area (Å²) in [6.07, 6.45) is 1.38. The Morgan fingerprint density at radius 3 is 2.44 bits per heavy atom. The van der Waals surface area contributed by atoms with Gasteiger partial charge in [0, 0.05) is 19.0 Å². The van der Waals surface area contributed by atoms with E-state index in [2.05, 4.69) is 0 Å². The summed E-state index contributed by atoms with van der Waals surface area (Å²) in [5.74, 6) is 0.341. The number of hydrogen-bond acceptors (Lipinski definition) is 4. The van der Waals surface area contributed by atoms with E-state index in [0.29, 0.717) is 6.54 Å². The number of likely N-dealkylation sites (tertiary alicyclic amines) is 1. The summed E-state index contributed by atoms with van der Waals surface area (Å²) < 4.78 is 0. The lowest BCUT2D eigenvalue weighted by molar-refractivity contribution is -0.136. The summed E-state index contributed by atoms with van der Waals surface area (Å²) in [6, 6.07) is 0. The zero-order valence-corrected chi connectivity index (χ0v) is 9.38. The molecule has 1 saturated carbocycles. The Labute approximate surface area is 95.2 Å². The molecule has 0 aromatic carbocycles. The van der Waals surface area contributed by atoms with Gasteiger partial charge in [0.1, 0.15) is 0 Å². The van der Waals surface area contributed by atoms with Crippen LogP contribution in [0.5, 0.6) is 0 Å². The van der Waals surface area contributed by atoms with E-state index in [9.17, 15) is 15.0 Å². The van der Waals surface area contributed by atoms with E-state index in [4.69, 9.17) is 5.73 Å². The molecule has 1 saturated heterocycles. The summed E-state index contributed by atoms with van der Waals surface area (Å²) >= 11 is 0. The number of aliphatic hydroxyl groups excluding tert-OH is 2. The minimum absolute atomic E-state index is 0.00231. The minimum Gasteiger partial charge on any atom is -0.388 e. The van der Waals surface area contributed by atoms with Crippen molar-refractivity contribution in [3.8, 4) is 0 Å². The third-order valence-corrected chi connectivity index (χ3v) is 3.85. The second kappa shape index (κ2) is 4.69. The first kappa shape index (κ1) is 11.8. The van der Waals surface area contributed by atoms with Crippen LogP contribution in [0.3, 0.4) is 0 Å². The highest BCUT2D eigenvalue weighted by Crippen LogP contribution is 2.33. The van der Waals surface area contributed by atoms with Crippen molar-refractivity contribution in [1.82, 2.24) is 4.90 Å². The molecule has 16 heavy (non-hydrogen) atoms. The summed E-state index contributed by atoms with van der Waals surface area (Å²) in [6.45, 7) is 1.07. The molecule has 1 heterocycles. The van der Waals surface area contributed by atoms with Crippen LogP contribution in [0.4, 0.5) is 0 Å². The largest absolute Gasteiger partial charge is 0.388 e. The van der Waals surface area contributed by atoms with Crippen molar-refractivity contribution in [2.75, 3.05) is 19.6 Å². The molecule has 1 aliphatic heterocycles. The molecule has 2 aliphatic rings. The lowest BCUT2D eigenvalue weighted by atomic mass is 9.95. The van der Waals surface area contributed by atoms with E-state index >= 15 is 0 Å². The quantitative estimate of drug-likeness (QED) is 0.561. The molecule has 5 nitrogen and oxygen atoms in total. The third kappa shape index (κ3) is 2.07. The van der Waals surface area contributed by atoms with Crippen LogP contribution < -0.4 is 5.73 Å². The fourth-order valence-corrected chi connectivity index (χ4v) is 2.83. The smallest absolute Gasteiger partial charge is 0.226 e. The Bertz CT molecular complexity index is 262. The number of amides is 1. The number of carbonyl (C=O) groups excluding carboxylic acids is 1. The van der Waals surface area contributed by atoms with Crippen LogP contribution >= 0.6 is 0 Å². The highest BCUT2D eigenvalue weighted by atomic mass is 16.3. The monoisotopic (exact) mass is 228 g/mol. The van der Waals surface area contributed by atoms with Crippen LogP contribution in [0.2, 0.25) is 0 Å². The molecule has 4 N–H and O–H groups in total. The molecule has 1 aliphatic carbocycles. The van der Waals surface area contributed by atoms with Gasteiger partial charge in [0.25, 0.3) is 0 Å². The van der Waals surface area contributed by atoms with Gasteiger partial charge in [-0.3, -0.25) is 4.79 Å². The molecule has 0 spiro atoms. The van der Waals surface area contributed by atoms with E-state index in [1.54, 1.807) is 4.90 Å². The second-order valence-electron chi connectivity index (χ2n) is 4.91. The van der Waals surface area contributed by atoms with Crippen molar-refractivity contribution in [1.29, 1.82) is 0 Å². The fourth-order valence-electron chi connectivity index (χ4n) is 2.83. The number of hydrogen-bond donors (Lipinski definition) is 3. The first-order valence-electron chi connectivity index (χ1n) is 5.98. The van der Waals surface area contributed by atoms with E-state index in [1.165, 1.54) is 0 Å². The Balaban J connectivity index is 1.97. The maximum Gasteiger partial charge on any atom is 0.226 e. The highest BCUT2D eigenvalue weighted by molar-refractivity contribution is 5.80. The standard InChI is InChI=1S/C11H20N2O3/c12-4-7-2-1-3-8(7)11(16)13-5-9(14)10(15)6-13/h7-10,14-15H,1-6,12H2/t7?,8?,9-,10+. The maximum absolute atomic E-state index is 12.2. The lowest BCUT2D eigenvalue weighted by Gasteiger charge is -2.23. The molecule has 2 unspecified atom stereocenters. The molecule has 5 heteroatoms. The summed E-state index contributed by atoms with van der Waals surface area (Å²) in [7, 11) is 0. The molecule has 0 radical (unpaired) electrons. The Kier molecular flexibility index (Phi) is 3.47. The predicted octanol–water partition coefficient (Wildman–Crippen LogP) is -1.07. The van der Waals surface area contributed by atoms with E-state index in [1.807, 2.05) is 0 Å². The predicted molar refractivity (Wildman–Crippen MR) is 58.5 cm³/mol. The topological polar surface area (TPSA) is 86.8 Å². The highest BCUT2D eigenvalue weighted by Gasteiger charge is 2.39. The van der Waals surface area contributed by atoms with Crippen LogP contribution in [-0.4, -0.2) is 52.9 Å². The zero-order valence-electron chi connectivity index (χ0n) is 9.38. The van der Waals surface area contributed by atoms with Gasteiger partial charge in [0.15, 0.2) is 0 Å². The Hall–Kier alpha value is -0.650. The van der Waals surface area contributed by atoms with Crippen LogP contribution in [0, 0.1) is 11.8 Å². The van der Waals surface area contributed by atoms with Gasteiger partial charge in [-0.25, -0.2) is 0 Å². The molecular weight excluding hydrogens is 208 g/mol. The SMILES string of the molecule is NCC1CCCC1C(=O)N1C[C@@H](O)[C@@H](O)C1. The van der Waals surface area contributed by atoms with Gasteiger partial charge < -0.3 is 20.8 Å². The van der Waals surface area contributed by atoms with E-state index in [-0.39, 0.29) is 30.8 Å². The van der Waals surface area contributed by atoms with Crippen LogP contribution in [-0.2, 0) is 4.79 Å². The first-order valence-corrected chi connectivity index (χ1v) is 5.98. The number of nitrogens with two attached hydrogens (primary N) is 1. The van der Waals surface area contributed by atoms with Crippen molar-refractivity contribution in [2.24, 2.45) is 17.6 Å². The molecule has 4 atom stereocenters. The van der Waals surface area contributed by atoms with Gasteiger partial charge in [0.2, 0.25) is 5.91 Å². The second-order valence-corrected chi connectivity index (χ2v) is 4.91. The molecule has 2 rings (SSSR count). The fraction of sp³-hybridized carbons (Fsp3) is 0.909. The molecule has 0 aromatic heterocycles. The van der Waals surface area contributed by atoms with Gasteiger partial charge >= 0.3 is 0 Å². The average molecular weight is 228 g/mol. The van der Waals surface area contributed by atoms with Crippen LogP contribution in [0.1, 0.15) is 19.3 Å². The van der Waals surface area contributed by atoms with Crippen molar-refractivity contribution >= 4 is 5.91 Å². The molecule has 0 bridgehead atoms. The molecule has 1 amide bonds. The molecule has 0 aromatic rings. The maximum atomic E-state index is 12.2. The van der Waals surface area contributed by atoms with Crippen LogP contribution in [0.25, 0.3) is 0 Å². The summed E-state index contributed by atoms with van der Waals surface area (Å²) in [4.78, 5) is 13.7. The van der Waals surface area contributed by atoms with Gasteiger partial charge in [-0.2, -0.15) is 0 Å². The average Bonchev–Trinajstić information content (AvgIpc) is 2.85. The van der Waals surface area contributed by atoms with Gasteiger partial charge in [-0.15, -0.1) is 0 Å². The van der Waals surface area contributed by atoms with Crippen LogP contribution in [0.15, 0.2) is 0 Å². The number of aliphatic hydroxyl groups is 2. The Morgan fingerprint density at radius 1 is 1.25 bits per heavy atom. The van der Waals surface area contributed by atoms with Crippen molar-refractivity contribution in [2.45, 2.75) is 31.5 Å². The lowest BCUT2D eigenvalue weighted by Crippen LogP contribution is -2.38.